The highest BCUT2D eigenvalue weighted by atomic mass is 127. The van der Waals surface area contributed by atoms with Gasteiger partial charge in [0.1, 0.15) is 17.3 Å². The lowest BCUT2D eigenvalue weighted by Crippen LogP contribution is -2.38. The Morgan fingerprint density at radius 1 is 1.10 bits per heavy atom. The Hall–Kier alpha value is -2.20. The number of nitrogens with zero attached hydrogens (tertiary/aromatic N) is 1. The zero-order valence-electron chi connectivity index (χ0n) is 16.5. The molecule has 0 bridgehead atoms. The lowest BCUT2D eigenvalue weighted by atomic mass is 10.2. The number of rotatable bonds is 9. The summed E-state index contributed by atoms with van der Waals surface area (Å²) < 4.78 is 16.1. The van der Waals surface area contributed by atoms with E-state index < -0.39 is 0 Å². The molecule has 2 aromatic heterocycles. The molecule has 0 aliphatic rings. The average Bonchev–Trinajstić information content (AvgIpc) is 3.43. The second-order valence-corrected chi connectivity index (χ2v) is 7.06. The number of thiophene rings is 1. The third-order valence-electron chi connectivity index (χ3n) is 4.16. The quantitative estimate of drug-likeness (QED) is 0.245. The van der Waals surface area contributed by atoms with Gasteiger partial charge in [-0.15, -0.1) is 35.3 Å². The van der Waals surface area contributed by atoms with Gasteiger partial charge < -0.3 is 24.5 Å². The molecule has 8 heteroatoms. The first kappa shape index (κ1) is 23.1. The number of benzene rings is 1. The van der Waals surface area contributed by atoms with E-state index >= 15 is 0 Å². The summed E-state index contributed by atoms with van der Waals surface area (Å²) in [6.45, 7) is 1.95. The molecule has 0 fully saturated rings. The van der Waals surface area contributed by atoms with Crippen molar-refractivity contribution in [1.29, 1.82) is 0 Å². The van der Waals surface area contributed by atoms with Gasteiger partial charge in [0.25, 0.3) is 0 Å². The fourth-order valence-corrected chi connectivity index (χ4v) is 3.31. The van der Waals surface area contributed by atoms with Gasteiger partial charge in [0.05, 0.1) is 33.6 Å². The van der Waals surface area contributed by atoms with Crippen molar-refractivity contribution in [3.63, 3.8) is 0 Å². The Bertz CT molecular complexity index is 867. The lowest BCUT2D eigenvalue weighted by Gasteiger charge is -2.13. The van der Waals surface area contributed by atoms with E-state index in [1.807, 2.05) is 36.4 Å². The van der Waals surface area contributed by atoms with Gasteiger partial charge >= 0.3 is 0 Å². The SMILES string of the molecule is COc1ccc(CN=C(NCCc2ccco2)NCc2cccs2)c(OC)c1.I. The van der Waals surface area contributed by atoms with Crippen molar-refractivity contribution < 1.29 is 13.9 Å². The van der Waals surface area contributed by atoms with E-state index in [1.54, 1.807) is 31.8 Å². The minimum Gasteiger partial charge on any atom is -0.497 e. The van der Waals surface area contributed by atoms with Crippen LogP contribution in [-0.4, -0.2) is 26.7 Å². The Morgan fingerprint density at radius 2 is 2.00 bits per heavy atom. The fraction of sp³-hybridized carbons (Fsp3) is 0.286. The minimum absolute atomic E-state index is 0. The van der Waals surface area contributed by atoms with Crippen molar-refractivity contribution in [2.24, 2.45) is 4.99 Å². The second-order valence-electron chi connectivity index (χ2n) is 6.03. The summed E-state index contributed by atoms with van der Waals surface area (Å²) in [7, 11) is 3.29. The molecule has 3 rings (SSSR count). The minimum atomic E-state index is 0. The van der Waals surface area contributed by atoms with Gasteiger partial charge in [-0.3, -0.25) is 0 Å². The van der Waals surface area contributed by atoms with E-state index in [2.05, 4.69) is 22.1 Å². The van der Waals surface area contributed by atoms with Gasteiger partial charge in [-0.2, -0.15) is 0 Å². The number of furan rings is 1. The Kier molecular flexibility index (Phi) is 9.85. The average molecular weight is 527 g/mol. The molecule has 0 aliphatic heterocycles. The maximum absolute atomic E-state index is 5.47. The molecule has 29 heavy (non-hydrogen) atoms. The highest BCUT2D eigenvalue weighted by Crippen LogP contribution is 2.25. The number of hydrogen-bond acceptors (Lipinski definition) is 5. The predicted octanol–water partition coefficient (Wildman–Crippen LogP) is 4.45. The molecule has 1 aromatic carbocycles. The third-order valence-corrected chi connectivity index (χ3v) is 5.03. The van der Waals surface area contributed by atoms with Gasteiger partial charge in [0.15, 0.2) is 5.96 Å². The summed E-state index contributed by atoms with van der Waals surface area (Å²) >= 11 is 1.72. The highest BCUT2D eigenvalue weighted by molar-refractivity contribution is 14.0. The Balaban J connectivity index is 0.00000300. The molecule has 0 spiro atoms. The normalized spacial score (nSPS) is 10.9. The maximum atomic E-state index is 5.47. The number of guanidine groups is 1. The molecule has 6 nitrogen and oxygen atoms in total. The first-order valence-corrected chi connectivity index (χ1v) is 9.94. The zero-order chi connectivity index (χ0) is 19.6. The predicted molar refractivity (Wildman–Crippen MR) is 128 cm³/mol. The molecule has 0 saturated carbocycles. The smallest absolute Gasteiger partial charge is 0.191 e. The summed E-state index contributed by atoms with van der Waals surface area (Å²) in [4.78, 5) is 5.98. The van der Waals surface area contributed by atoms with Crippen LogP contribution in [0.5, 0.6) is 11.5 Å². The van der Waals surface area contributed by atoms with E-state index in [0.29, 0.717) is 6.54 Å². The highest BCUT2D eigenvalue weighted by Gasteiger charge is 2.06. The van der Waals surface area contributed by atoms with Crippen molar-refractivity contribution in [1.82, 2.24) is 10.6 Å². The van der Waals surface area contributed by atoms with Gasteiger partial charge in [0.2, 0.25) is 0 Å². The number of hydrogen-bond donors (Lipinski definition) is 2. The standard InChI is InChI=1S/C21H25N3O3S.HI/c1-25-18-8-7-16(20(13-18)26-2)14-23-21(24-15-19-6-4-12-28-19)22-10-9-17-5-3-11-27-17;/h3-8,11-13H,9-10,14-15H2,1-2H3,(H2,22,23,24);1H. The summed E-state index contributed by atoms with van der Waals surface area (Å²) in [6, 6.07) is 13.8. The van der Waals surface area contributed by atoms with Crippen LogP contribution in [0, 0.1) is 0 Å². The molecule has 2 N–H and O–H groups in total. The molecule has 2 heterocycles. The largest absolute Gasteiger partial charge is 0.497 e. The number of aliphatic imine (C=N–C) groups is 1. The number of ether oxygens (including phenoxy) is 2. The van der Waals surface area contributed by atoms with Crippen LogP contribution in [0.2, 0.25) is 0 Å². The van der Waals surface area contributed by atoms with Crippen molar-refractivity contribution in [2.75, 3.05) is 20.8 Å². The summed E-state index contributed by atoms with van der Waals surface area (Å²) in [6.07, 6.45) is 2.48. The van der Waals surface area contributed by atoms with Crippen molar-refractivity contribution in [3.05, 3.63) is 70.3 Å². The van der Waals surface area contributed by atoms with E-state index in [9.17, 15) is 0 Å². The van der Waals surface area contributed by atoms with Crippen molar-refractivity contribution in [2.45, 2.75) is 19.5 Å². The first-order valence-electron chi connectivity index (χ1n) is 9.06. The molecule has 0 atom stereocenters. The molecule has 0 saturated heterocycles. The Morgan fingerprint density at radius 3 is 2.69 bits per heavy atom. The Labute approximate surface area is 192 Å². The number of halogens is 1. The number of nitrogens with one attached hydrogen (secondary N) is 2. The van der Waals surface area contributed by atoms with Crippen LogP contribution in [0.3, 0.4) is 0 Å². The van der Waals surface area contributed by atoms with Gasteiger partial charge in [0, 0.05) is 29.5 Å². The molecule has 0 radical (unpaired) electrons. The van der Waals surface area contributed by atoms with Crippen LogP contribution in [0.25, 0.3) is 0 Å². The molecule has 0 aliphatic carbocycles. The van der Waals surface area contributed by atoms with Gasteiger partial charge in [-0.25, -0.2) is 4.99 Å². The number of methoxy groups -OCH3 is 2. The van der Waals surface area contributed by atoms with Crippen molar-refractivity contribution >= 4 is 41.3 Å². The monoisotopic (exact) mass is 527 g/mol. The fourth-order valence-electron chi connectivity index (χ4n) is 2.66. The molecule has 0 amide bonds. The van der Waals surface area contributed by atoms with E-state index in [0.717, 1.165) is 48.3 Å². The first-order chi connectivity index (χ1) is 13.8. The molecular formula is C21H26IN3O3S. The lowest BCUT2D eigenvalue weighted by molar-refractivity contribution is 0.391. The van der Waals surface area contributed by atoms with Gasteiger partial charge in [-0.05, 0) is 35.7 Å². The van der Waals surface area contributed by atoms with Gasteiger partial charge in [-0.1, -0.05) is 6.07 Å². The molecule has 156 valence electrons. The second kappa shape index (κ2) is 12.4. The molecule has 0 unspecified atom stereocenters. The van der Waals surface area contributed by atoms with Crippen LogP contribution in [0.1, 0.15) is 16.2 Å². The van der Waals surface area contributed by atoms with Crippen LogP contribution in [0.4, 0.5) is 0 Å². The maximum Gasteiger partial charge on any atom is 0.191 e. The summed E-state index contributed by atoms with van der Waals surface area (Å²) in [5.41, 5.74) is 0.992. The van der Waals surface area contributed by atoms with E-state index in [4.69, 9.17) is 18.9 Å². The van der Waals surface area contributed by atoms with Crippen LogP contribution >= 0.6 is 35.3 Å². The molecule has 3 aromatic rings. The summed E-state index contributed by atoms with van der Waals surface area (Å²) in [5.74, 6) is 3.22. The zero-order valence-corrected chi connectivity index (χ0v) is 19.7. The van der Waals surface area contributed by atoms with Crippen LogP contribution in [0.15, 0.2) is 63.5 Å². The van der Waals surface area contributed by atoms with E-state index in [-0.39, 0.29) is 24.0 Å². The van der Waals surface area contributed by atoms with Crippen LogP contribution < -0.4 is 20.1 Å². The topological polar surface area (TPSA) is 68.0 Å². The summed E-state index contributed by atoms with van der Waals surface area (Å²) in [5, 5.41) is 8.82. The molecular weight excluding hydrogens is 501 g/mol. The third kappa shape index (κ3) is 7.28. The van der Waals surface area contributed by atoms with Crippen LogP contribution in [-0.2, 0) is 19.5 Å². The van der Waals surface area contributed by atoms with Crippen molar-refractivity contribution in [3.8, 4) is 11.5 Å². The van der Waals surface area contributed by atoms with E-state index in [1.165, 1.54) is 4.88 Å².